The Balaban J connectivity index is 1.58. The molecule has 0 fully saturated rings. The standard InChI is InChI=1S/C21H20O4/c22-20(14-12-18-8-3-1-4-9-18)24-16-7-17-25-21(23)15-13-19-10-5-2-6-11-19/h1-6,8-15H,7,16-17H2/b14-12+,15-13+. The highest BCUT2D eigenvalue weighted by molar-refractivity contribution is 5.87. The number of hydrogen-bond donors (Lipinski definition) is 0. The number of ether oxygens (including phenoxy) is 2. The van der Waals surface area contributed by atoms with E-state index >= 15 is 0 Å². The maximum absolute atomic E-state index is 11.5. The first-order valence-electron chi connectivity index (χ1n) is 8.04. The van der Waals surface area contributed by atoms with Gasteiger partial charge in [-0.25, -0.2) is 9.59 Å². The lowest BCUT2D eigenvalue weighted by atomic mass is 10.2. The summed E-state index contributed by atoms with van der Waals surface area (Å²) in [6, 6.07) is 19.0. The van der Waals surface area contributed by atoms with E-state index in [2.05, 4.69) is 0 Å². The van der Waals surface area contributed by atoms with Gasteiger partial charge in [0.05, 0.1) is 13.2 Å². The molecular formula is C21H20O4. The summed E-state index contributed by atoms with van der Waals surface area (Å²) in [5.41, 5.74) is 1.86. The Bertz CT molecular complexity index is 655. The molecule has 0 spiro atoms. The molecular weight excluding hydrogens is 316 g/mol. The lowest BCUT2D eigenvalue weighted by Crippen LogP contribution is -2.08. The van der Waals surface area contributed by atoms with Gasteiger partial charge in [-0.2, -0.15) is 0 Å². The smallest absolute Gasteiger partial charge is 0.330 e. The fraction of sp³-hybridized carbons (Fsp3) is 0.143. The number of rotatable bonds is 8. The lowest BCUT2D eigenvalue weighted by molar-refractivity contribution is -0.140. The maximum Gasteiger partial charge on any atom is 0.330 e. The van der Waals surface area contributed by atoms with Crippen LogP contribution in [0, 0.1) is 0 Å². The van der Waals surface area contributed by atoms with Crippen LogP contribution in [-0.4, -0.2) is 25.2 Å². The molecule has 25 heavy (non-hydrogen) atoms. The van der Waals surface area contributed by atoms with Gasteiger partial charge in [0.1, 0.15) is 0 Å². The fourth-order valence-corrected chi connectivity index (χ4v) is 1.96. The Morgan fingerprint density at radius 2 is 1.08 bits per heavy atom. The molecule has 0 heterocycles. The summed E-state index contributed by atoms with van der Waals surface area (Å²) in [6.07, 6.45) is 6.59. The van der Waals surface area contributed by atoms with Gasteiger partial charge in [-0.15, -0.1) is 0 Å². The van der Waals surface area contributed by atoms with Crippen molar-refractivity contribution in [1.82, 2.24) is 0 Å². The Morgan fingerprint density at radius 1 is 0.680 bits per heavy atom. The maximum atomic E-state index is 11.5. The van der Waals surface area contributed by atoms with Gasteiger partial charge in [0.15, 0.2) is 0 Å². The van der Waals surface area contributed by atoms with Crippen LogP contribution in [0.5, 0.6) is 0 Å². The molecule has 2 rings (SSSR count). The highest BCUT2D eigenvalue weighted by atomic mass is 16.5. The predicted octanol–water partition coefficient (Wildman–Crippen LogP) is 3.89. The van der Waals surface area contributed by atoms with Crippen LogP contribution in [0.2, 0.25) is 0 Å². The molecule has 0 N–H and O–H groups in total. The SMILES string of the molecule is O=C(/C=C/c1ccccc1)OCCCOC(=O)/C=C/c1ccccc1. The van der Waals surface area contributed by atoms with Crippen molar-refractivity contribution in [3.63, 3.8) is 0 Å². The van der Waals surface area contributed by atoms with E-state index in [4.69, 9.17) is 9.47 Å². The van der Waals surface area contributed by atoms with Gasteiger partial charge < -0.3 is 9.47 Å². The minimum atomic E-state index is -0.417. The van der Waals surface area contributed by atoms with Crippen LogP contribution in [0.1, 0.15) is 17.5 Å². The van der Waals surface area contributed by atoms with E-state index < -0.39 is 11.9 Å². The molecule has 4 heteroatoms. The van der Waals surface area contributed by atoms with Crippen molar-refractivity contribution in [2.24, 2.45) is 0 Å². The molecule has 0 bridgehead atoms. The van der Waals surface area contributed by atoms with Gasteiger partial charge in [-0.3, -0.25) is 0 Å². The van der Waals surface area contributed by atoms with Gasteiger partial charge in [0, 0.05) is 18.6 Å². The molecule has 0 radical (unpaired) electrons. The van der Waals surface area contributed by atoms with Crippen molar-refractivity contribution in [3.8, 4) is 0 Å². The predicted molar refractivity (Wildman–Crippen MR) is 97.5 cm³/mol. The van der Waals surface area contributed by atoms with Crippen LogP contribution in [0.3, 0.4) is 0 Å². The Morgan fingerprint density at radius 3 is 1.48 bits per heavy atom. The molecule has 2 aromatic carbocycles. The van der Waals surface area contributed by atoms with Gasteiger partial charge in [-0.1, -0.05) is 60.7 Å². The number of hydrogen-bond acceptors (Lipinski definition) is 4. The van der Waals surface area contributed by atoms with E-state index in [-0.39, 0.29) is 13.2 Å². The number of esters is 2. The van der Waals surface area contributed by atoms with E-state index in [1.807, 2.05) is 60.7 Å². The zero-order valence-corrected chi connectivity index (χ0v) is 13.8. The molecule has 0 aliphatic rings. The summed E-state index contributed by atoms with van der Waals surface area (Å²) in [7, 11) is 0. The average Bonchev–Trinajstić information content (AvgIpc) is 2.66. The minimum Gasteiger partial charge on any atom is -0.462 e. The van der Waals surface area contributed by atoms with Crippen molar-refractivity contribution in [3.05, 3.63) is 83.9 Å². The highest BCUT2D eigenvalue weighted by Gasteiger charge is 2.00. The molecule has 0 aromatic heterocycles. The van der Waals surface area contributed by atoms with E-state index in [0.717, 1.165) is 11.1 Å². The number of carbonyl (C=O) groups is 2. The topological polar surface area (TPSA) is 52.6 Å². The summed E-state index contributed by atoms with van der Waals surface area (Å²) in [4.78, 5) is 23.1. The third-order valence-corrected chi connectivity index (χ3v) is 3.20. The summed E-state index contributed by atoms with van der Waals surface area (Å²) in [5, 5.41) is 0. The third kappa shape index (κ3) is 7.79. The first-order valence-corrected chi connectivity index (χ1v) is 8.04. The van der Waals surface area contributed by atoms with Gasteiger partial charge >= 0.3 is 11.9 Å². The summed E-state index contributed by atoms with van der Waals surface area (Å²) in [6.45, 7) is 0.404. The van der Waals surface area contributed by atoms with Crippen molar-refractivity contribution in [2.45, 2.75) is 6.42 Å². The molecule has 4 nitrogen and oxygen atoms in total. The largest absolute Gasteiger partial charge is 0.462 e. The fourth-order valence-electron chi connectivity index (χ4n) is 1.96. The van der Waals surface area contributed by atoms with Crippen molar-refractivity contribution in [1.29, 1.82) is 0 Å². The molecule has 128 valence electrons. The second-order valence-electron chi connectivity index (χ2n) is 5.18. The van der Waals surface area contributed by atoms with Crippen LogP contribution in [0.4, 0.5) is 0 Å². The number of benzene rings is 2. The molecule has 2 aromatic rings. The van der Waals surface area contributed by atoms with E-state index in [1.165, 1.54) is 12.2 Å². The zero-order valence-electron chi connectivity index (χ0n) is 13.8. The van der Waals surface area contributed by atoms with E-state index in [1.54, 1.807) is 12.2 Å². The van der Waals surface area contributed by atoms with Crippen molar-refractivity contribution >= 4 is 24.1 Å². The molecule has 0 aliphatic heterocycles. The first-order chi connectivity index (χ1) is 12.2. The van der Waals surface area contributed by atoms with Crippen molar-refractivity contribution < 1.29 is 19.1 Å². The normalized spacial score (nSPS) is 10.9. The number of carbonyl (C=O) groups excluding carboxylic acids is 2. The van der Waals surface area contributed by atoms with E-state index in [9.17, 15) is 9.59 Å². The summed E-state index contributed by atoms with van der Waals surface area (Å²) in [5.74, 6) is -0.835. The van der Waals surface area contributed by atoms with Gasteiger partial charge in [0.25, 0.3) is 0 Å². The third-order valence-electron chi connectivity index (χ3n) is 3.20. The van der Waals surface area contributed by atoms with Crippen molar-refractivity contribution in [2.75, 3.05) is 13.2 Å². The summed E-state index contributed by atoms with van der Waals surface area (Å²) < 4.78 is 10.1. The highest BCUT2D eigenvalue weighted by Crippen LogP contribution is 2.02. The Labute approximate surface area is 147 Å². The first kappa shape index (κ1) is 18.2. The molecule has 0 unspecified atom stereocenters. The Kier molecular flexibility index (Phi) is 7.72. The molecule has 0 aliphatic carbocycles. The average molecular weight is 336 g/mol. The second kappa shape index (κ2) is 10.6. The van der Waals surface area contributed by atoms with Crippen LogP contribution >= 0.6 is 0 Å². The second-order valence-corrected chi connectivity index (χ2v) is 5.18. The monoisotopic (exact) mass is 336 g/mol. The molecule has 0 saturated heterocycles. The van der Waals surface area contributed by atoms with Crippen LogP contribution < -0.4 is 0 Å². The molecule has 0 amide bonds. The summed E-state index contributed by atoms with van der Waals surface area (Å²) >= 11 is 0. The van der Waals surface area contributed by atoms with Crippen LogP contribution in [-0.2, 0) is 19.1 Å². The molecule has 0 saturated carbocycles. The van der Waals surface area contributed by atoms with E-state index in [0.29, 0.717) is 6.42 Å². The van der Waals surface area contributed by atoms with Gasteiger partial charge in [0.2, 0.25) is 0 Å². The zero-order chi connectivity index (χ0) is 17.7. The quantitative estimate of drug-likeness (QED) is 0.417. The van der Waals surface area contributed by atoms with Crippen LogP contribution in [0.15, 0.2) is 72.8 Å². The Hall–Kier alpha value is -3.14. The lowest BCUT2D eigenvalue weighted by Gasteiger charge is -2.03. The molecule has 0 atom stereocenters. The van der Waals surface area contributed by atoms with Crippen LogP contribution in [0.25, 0.3) is 12.2 Å². The minimum absolute atomic E-state index is 0.202. The van der Waals surface area contributed by atoms with Gasteiger partial charge in [-0.05, 0) is 23.3 Å².